The smallest absolute Gasteiger partial charge is 0.183 e. The largest absolute Gasteiger partial charge is 0.383 e. The minimum atomic E-state index is 0.700. The van der Waals surface area contributed by atoms with Gasteiger partial charge in [0.2, 0.25) is 0 Å². The number of hydrogen-bond acceptors (Lipinski definition) is 5. The van der Waals surface area contributed by atoms with Gasteiger partial charge in [0.1, 0.15) is 0 Å². The van der Waals surface area contributed by atoms with E-state index < -0.39 is 0 Å². The molecule has 0 saturated carbocycles. The summed E-state index contributed by atoms with van der Waals surface area (Å²) in [6.45, 7) is 1.50. The molecule has 0 aliphatic rings. The van der Waals surface area contributed by atoms with Crippen molar-refractivity contribution in [2.45, 2.75) is 4.90 Å². The Kier molecular flexibility index (Phi) is 4.04. The van der Waals surface area contributed by atoms with E-state index in [4.69, 9.17) is 4.74 Å². The van der Waals surface area contributed by atoms with E-state index in [1.807, 2.05) is 0 Å². The molecule has 0 atom stereocenters. The Morgan fingerprint density at radius 3 is 3.12 bits per heavy atom. The normalized spacial score (nSPS) is 10.9. The van der Waals surface area contributed by atoms with Crippen molar-refractivity contribution in [1.29, 1.82) is 0 Å². The number of nitrogens with zero attached hydrogens (tertiary/aromatic N) is 1. The van der Waals surface area contributed by atoms with Crippen LogP contribution in [0.5, 0.6) is 0 Å². The molecular formula is C11H14N2OS2. The van der Waals surface area contributed by atoms with E-state index >= 15 is 0 Å². The van der Waals surface area contributed by atoms with Gasteiger partial charge in [-0.25, -0.2) is 4.98 Å². The zero-order valence-electron chi connectivity index (χ0n) is 9.32. The van der Waals surface area contributed by atoms with Gasteiger partial charge < -0.3 is 10.1 Å². The molecule has 0 amide bonds. The summed E-state index contributed by atoms with van der Waals surface area (Å²) in [6.07, 6.45) is 2.08. The Bertz CT molecular complexity index is 470. The lowest BCUT2D eigenvalue weighted by Gasteiger charge is -1.99. The molecule has 1 aromatic carbocycles. The summed E-state index contributed by atoms with van der Waals surface area (Å²) in [5.41, 5.74) is 1.06. The van der Waals surface area contributed by atoms with Crippen molar-refractivity contribution in [2.24, 2.45) is 0 Å². The summed E-state index contributed by atoms with van der Waals surface area (Å²) < 4.78 is 6.21. The van der Waals surface area contributed by atoms with Crippen LogP contribution in [0.25, 0.3) is 10.2 Å². The minimum Gasteiger partial charge on any atom is -0.383 e. The van der Waals surface area contributed by atoms with Gasteiger partial charge in [-0.15, -0.1) is 11.8 Å². The van der Waals surface area contributed by atoms with Crippen LogP contribution in [-0.2, 0) is 4.74 Å². The second-order valence-corrected chi connectivity index (χ2v) is 5.18. The van der Waals surface area contributed by atoms with Crippen LogP contribution < -0.4 is 5.32 Å². The van der Waals surface area contributed by atoms with Crippen molar-refractivity contribution in [3.63, 3.8) is 0 Å². The van der Waals surface area contributed by atoms with Gasteiger partial charge in [-0.2, -0.15) is 0 Å². The topological polar surface area (TPSA) is 34.1 Å². The van der Waals surface area contributed by atoms with E-state index in [1.54, 1.807) is 30.2 Å². The summed E-state index contributed by atoms with van der Waals surface area (Å²) in [4.78, 5) is 5.78. The highest BCUT2D eigenvalue weighted by molar-refractivity contribution is 7.98. The number of hydrogen-bond donors (Lipinski definition) is 1. The molecule has 0 radical (unpaired) electrons. The molecule has 1 heterocycles. The van der Waals surface area contributed by atoms with Crippen molar-refractivity contribution in [1.82, 2.24) is 4.98 Å². The minimum absolute atomic E-state index is 0.700. The van der Waals surface area contributed by atoms with E-state index in [9.17, 15) is 0 Å². The highest BCUT2D eigenvalue weighted by atomic mass is 32.2. The molecule has 16 heavy (non-hydrogen) atoms. The Morgan fingerprint density at radius 2 is 2.38 bits per heavy atom. The molecule has 0 aliphatic carbocycles. The summed E-state index contributed by atoms with van der Waals surface area (Å²) in [6, 6.07) is 6.35. The quantitative estimate of drug-likeness (QED) is 0.657. The van der Waals surface area contributed by atoms with Crippen LogP contribution in [0.3, 0.4) is 0 Å². The molecule has 2 rings (SSSR count). The van der Waals surface area contributed by atoms with Gasteiger partial charge in [-0.3, -0.25) is 0 Å². The molecule has 2 aromatic rings. The first-order chi connectivity index (χ1) is 7.83. The Hall–Kier alpha value is -0.780. The van der Waals surface area contributed by atoms with Crippen LogP contribution in [0.2, 0.25) is 0 Å². The molecular weight excluding hydrogens is 240 g/mol. The van der Waals surface area contributed by atoms with Gasteiger partial charge in [-0.05, 0) is 24.5 Å². The van der Waals surface area contributed by atoms with Crippen LogP contribution in [0.15, 0.2) is 23.1 Å². The summed E-state index contributed by atoms with van der Waals surface area (Å²) in [5.74, 6) is 0. The lowest BCUT2D eigenvalue weighted by atomic mass is 10.3. The second kappa shape index (κ2) is 5.52. The molecule has 5 heteroatoms. The SMILES string of the molecule is COCCNc1nc2ccc(SC)cc2s1. The Balaban J connectivity index is 2.16. The molecule has 0 fully saturated rings. The number of methoxy groups -OCH3 is 1. The van der Waals surface area contributed by atoms with Crippen LogP contribution in [-0.4, -0.2) is 31.5 Å². The molecule has 0 aliphatic heterocycles. The van der Waals surface area contributed by atoms with E-state index in [2.05, 4.69) is 34.8 Å². The third-order valence-corrected chi connectivity index (χ3v) is 3.88. The zero-order chi connectivity index (χ0) is 11.4. The fourth-order valence-electron chi connectivity index (χ4n) is 1.37. The van der Waals surface area contributed by atoms with E-state index in [0.717, 1.165) is 17.2 Å². The first-order valence-corrected chi connectivity index (χ1v) is 7.05. The van der Waals surface area contributed by atoms with E-state index in [1.165, 1.54) is 9.60 Å². The second-order valence-electron chi connectivity index (χ2n) is 3.27. The lowest BCUT2D eigenvalue weighted by molar-refractivity contribution is 0.211. The molecule has 0 bridgehead atoms. The van der Waals surface area contributed by atoms with Gasteiger partial charge in [-0.1, -0.05) is 11.3 Å². The van der Waals surface area contributed by atoms with Gasteiger partial charge >= 0.3 is 0 Å². The van der Waals surface area contributed by atoms with Gasteiger partial charge in [0, 0.05) is 18.6 Å². The third-order valence-electron chi connectivity index (χ3n) is 2.18. The molecule has 0 unspecified atom stereocenters. The molecule has 0 saturated heterocycles. The van der Waals surface area contributed by atoms with Gasteiger partial charge in [0.25, 0.3) is 0 Å². The summed E-state index contributed by atoms with van der Waals surface area (Å²) >= 11 is 3.44. The molecule has 1 N–H and O–H groups in total. The molecule has 1 aromatic heterocycles. The summed E-state index contributed by atoms with van der Waals surface area (Å²) in [5, 5.41) is 4.21. The van der Waals surface area contributed by atoms with Crippen molar-refractivity contribution in [3.8, 4) is 0 Å². The fraction of sp³-hybridized carbons (Fsp3) is 0.364. The van der Waals surface area contributed by atoms with Crippen LogP contribution in [0.1, 0.15) is 0 Å². The Labute approximate surface area is 103 Å². The van der Waals surface area contributed by atoms with Crippen molar-refractivity contribution in [2.75, 3.05) is 31.8 Å². The number of rotatable bonds is 5. The molecule has 0 spiro atoms. The highest BCUT2D eigenvalue weighted by Crippen LogP contribution is 2.29. The number of thioether (sulfide) groups is 1. The van der Waals surface area contributed by atoms with Crippen molar-refractivity contribution in [3.05, 3.63) is 18.2 Å². The number of benzene rings is 1. The third kappa shape index (κ3) is 2.66. The predicted octanol–water partition coefficient (Wildman–Crippen LogP) is 3.08. The maximum absolute atomic E-state index is 4.99. The first-order valence-electron chi connectivity index (χ1n) is 5.01. The predicted molar refractivity (Wildman–Crippen MR) is 71.8 cm³/mol. The number of fused-ring (bicyclic) bond motifs is 1. The van der Waals surface area contributed by atoms with Crippen LogP contribution in [0.4, 0.5) is 5.13 Å². The number of thiazole rings is 1. The monoisotopic (exact) mass is 254 g/mol. The number of nitrogens with one attached hydrogen (secondary N) is 1. The van der Waals surface area contributed by atoms with Crippen LogP contribution in [0, 0.1) is 0 Å². The average molecular weight is 254 g/mol. The van der Waals surface area contributed by atoms with Crippen molar-refractivity contribution >= 4 is 38.4 Å². The van der Waals surface area contributed by atoms with E-state index in [-0.39, 0.29) is 0 Å². The molecule has 3 nitrogen and oxygen atoms in total. The van der Waals surface area contributed by atoms with E-state index in [0.29, 0.717) is 6.61 Å². The average Bonchev–Trinajstić information content (AvgIpc) is 2.70. The number of aromatic nitrogens is 1. The fourth-order valence-corrected chi connectivity index (χ4v) is 2.81. The Morgan fingerprint density at radius 1 is 1.50 bits per heavy atom. The standard InChI is InChI=1S/C11H14N2OS2/c1-14-6-5-12-11-13-9-4-3-8(15-2)7-10(9)16-11/h3-4,7H,5-6H2,1-2H3,(H,12,13). The zero-order valence-corrected chi connectivity index (χ0v) is 11.0. The summed E-state index contributed by atoms with van der Waals surface area (Å²) in [7, 11) is 1.70. The lowest BCUT2D eigenvalue weighted by Crippen LogP contribution is -2.06. The highest BCUT2D eigenvalue weighted by Gasteiger charge is 2.03. The number of ether oxygens (including phenoxy) is 1. The first kappa shape index (κ1) is 11.7. The maximum Gasteiger partial charge on any atom is 0.183 e. The van der Waals surface area contributed by atoms with Crippen LogP contribution >= 0.6 is 23.1 Å². The number of anilines is 1. The van der Waals surface area contributed by atoms with Crippen molar-refractivity contribution < 1.29 is 4.74 Å². The maximum atomic E-state index is 4.99. The van der Waals surface area contributed by atoms with Gasteiger partial charge in [0.05, 0.1) is 16.8 Å². The van der Waals surface area contributed by atoms with Gasteiger partial charge in [0.15, 0.2) is 5.13 Å². The molecule has 86 valence electrons.